The van der Waals surface area contributed by atoms with Crippen molar-refractivity contribution in [3.05, 3.63) is 36.9 Å². The number of morpholine rings is 1. The minimum Gasteiger partial charge on any atom is -0.378 e. The molecular formula is C21H26N8O. The van der Waals surface area contributed by atoms with Crippen molar-refractivity contribution in [1.82, 2.24) is 24.9 Å². The highest BCUT2D eigenvalue weighted by atomic mass is 16.5. The van der Waals surface area contributed by atoms with Gasteiger partial charge in [0.05, 0.1) is 18.6 Å². The maximum Gasteiger partial charge on any atom is 0.227 e. The molecule has 9 nitrogen and oxygen atoms in total. The van der Waals surface area contributed by atoms with E-state index in [1.807, 2.05) is 24.4 Å². The number of piperidine rings is 1. The molecule has 0 amide bonds. The maximum absolute atomic E-state index is 5.44. The second-order valence-corrected chi connectivity index (χ2v) is 7.72. The topological polar surface area (TPSA) is 83.4 Å². The normalized spacial score (nSPS) is 18.0. The van der Waals surface area contributed by atoms with E-state index in [1.165, 1.54) is 0 Å². The lowest BCUT2D eigenvalue weighted by molar-refractivity contribution is 0.122. The fourth-order valence-corrected chi connectivity index (χ4v) is 4.24. The fraction of sp³-hybridized carbons (Fsp3) is 0.476. The molecule has 9 heteroatoms. The molecule has 5 heterocycles. The number of hydrogen-bond donors (Lipinski definition) is 0. The molecule has 3 aromatic heterocycles. The molecule has 2 saturated heterocycles. The highest BCUT2D eigenvalue weighted by molar-refractivity contribution is 5.86. The lowest BCUT2D eigenvalue weighted by Crippen LogP contribution is -2.44. The summed E-state index contributed by atoms with van der Waals surface area (Å²) in [5.74, 6) is 2.74. The van der Waals surface area contributed by atoms with Gasteiger partial charge in [-0.25, -0.2) is 19.9 Å². The largest absolute Gasteiger partial charge is 0.378 e. The first kappa shape index (κ1) is 18.9. The van der Waals surface area contributed by atoms with Crippen molar-refractivity contribution in [2.45, 2.75) is 18.9 Å². The Kier molecular flexibility index (Phi) is 5.27. The molecule has 156 valence electrons. The van der Waals surface area contributed by atoms with Gasteiger partial charge in [-0.15, -0.1) is 0 Å². The maximum atomic E-state index is 5.44. The number of ether oxygens (including phenoxy) is 1. The Bertz CT molecular complexity index is 996. The number of nitrogens with zero attached hydrogens (tertiary/aromatic N) is 8. The Morgan fingerprint density at radius 3 is 2.60 bits per heavy atom. The molecule has 30 heavy (non-hydrogen) atoms. The third-order valence-corrected chi connectivity index (χ3v) is 5.98. The van der Waals surface area contributed by atoms with Crippen LogP contribution in [0.15, 0.2) is 36.9 Å². The van der Waals surface area contributed by atoms with Crippen LogP contribution in [-0.2, 0) is 4.74 Å². The second kappa shape index (κ2) is 8.35. The first-order valence-corrected chi connectivity index (χ1v) is 10.5. The molecule has 0 N–H and O–H groups in total. The van der Waals surface area contributed by atoms with Crippen LogP contribution in [0.5, 0.6) is 0 Å². The zero-order valence-corrected chi connectivity index (χ0v) is 17.2. The molecular weight excluding hydrogens is 380 g/mol. The van der Waals surface area contributed by atoms with Crippen molar-refractivity contribution >= 4 is 28.6 Å². The van der Waals surface area contributed by atoms with Gasteiger partial charge in [-0.2, -0.15) is 4.98 Å². The monoisotopic (exact) mass is 406 g/mol. The molecule has 0 atom stereocenters. The molecule has 2 aliphatic rings. The van der Waals surface area contributed by atoms with Crippen molar-refractivity contribution in [3.63, 3.8) is 0 Å². The predicted molar refractivity (Wildman–Crippen MR) is 116 cm³/mol. The molecule has 0 saturated carbocycles. The molecule has 0 spiro atoms. The van der Waals surface area contributed by atoms with Gasteiger partial charge >= 0.3 is 0 Å². The number of anilines is 3. The van der Waals surface area contributed by atoms with Gasteiger partial charge in [-0.3, -0.25) is 0 Å². The minimum atomic E-state index is 0.430. The van der Waals surface area contributed by atoms with E-state index in [-0.39, 0.29) is 0 Å². The van der Waals surface area contributed by atoms with E-state index in [0.717, 1.165) is 80.9 Å². The highest BCUT2D eigenvalue weighted by Crippen LogP contribution is 2.27. The van der Waals surface area contributed by atoms with Gasteiger partial charge < -0.3 is 19.4 Å². The number of fused-ring (bicyclic) bond motifs is 1. The van der Waals surface area contributed by atoms with Crippen molar-refractivity contribution in [2.75, 3.05) is 61.1 Å². The molecule has 0 unspecified atom stereocenters. The Labute approximate surface area is 175 Å². The van der Waals surface area contributed by atoms with Crippen LogP contribution in [-0.4, -0.2) is 77.4 Å². The highest BCUT2D eigenvalue weighted by Gasteiger charge is 2.26. The average Bonchev–Trinajstić information content (AvgIpc) is 2.84. The fourth-order valence-electron chi connectivity index (χ4n) is 4.24. The zero-order valence-electron chi connectivity index (χ0n) is 17.2. The first-order valence-electron chi connectivity index (χ1n) is 10.5. The number of aromatic nitrogens is 5. The van der Waals surface area contributed by atoms with Crippen LogP contribution in [0.2, 0.25) is 0 Å². The van der Waals surface area contributed by atoms with Crippen molar-refractivity contribution in [2.24, 2.45) is 0 Å². The summed E-state index contributed by atoms with van der Waals surface area (Å²) in [6, 6.07) is 6.42. The summed E-state index contributed by atoms with van der Waals surface area (Å²) >= 11 is 0. The summed E-state index contributed by atoms with van der Waals surface area (Å²) in [4.78, 5) is 29.3. The van der Waals surface area contributed by atoms with Crippen LogP contribution in [0.3, 0.4) is 0 Å². The summed E-state index contributed by atoms with van der Waals surface area (Å²) in [6.45, 7) is 5.03. The van der Waals surface area contributed by atoms with Crippen molar-refractivity contribution in [3.8, 4) is 0 Å². The Morgan fingerprint density at radius 2 is 1.77 bits per heavy atom. The SMILES string of the molecule is CN(c1ccnc(N2CCOCC2)n1)C1CCN(c2ncnc3ncccc23)CC1. The van der Waals surface area contributed by atoms with Gasteiger partial charge in [0.25, 0.3) is 0 Å². The molecule has 0 aromatic carbocycles. The van der Waals surface area contributed by atoms with Gasteiger partial charge in [0.1, 0.15) is 18.0 Å². The molecule has 0 bridgehead atoms. The van der Waals surface area contributed by atoms with Crippen LogP contribution >= 0.6 is 0 Å². The van der Waals surface area contributed by atoms with Gasteiger partial charge in [-0.1, -0.05) is 0 Å². The smallest absolute Gasteiger partial charge is 0.227 e. The minimum absolute atomic E-state index is 0.430. The van der Waals surface area contributed by atoms with E-state index in [4.69, 9.17) is 9.72 Å². The summed E-state index contributed by atoms with van der Waals surface area (Å²) in [7, 11) is 2.13. The number of rotatable bonds is 4. The van der Waals surface area contributed by atoms with Crippen molar-refractivity contribution in [1.29, 1.82) is 0 Å². The van der Waals surface area contributed by atoms with Crippen molar-refractivity contribution < 1.29 is 4.74 Å². The van der Waals surface area contributed by atoms with Gasteiger partial charge in [0.15, 0.2) is 5.65 Å². The summed E-state index contributed by atoms with van der Waals surface area (Å²) in [5.41, 5.74) is 0.748. The van der Waals surface area contributed by atoms with E-state index in [1.54, 1.807) is 12.5 Å². The Hall–Kier alpha value is -3.07. The summed E-state index contributed by atoms with van der Waals surface area (Å²) in [6.07, 6.45) is 7.32. The third kappa shape index (κ3) is 3.72. The molecule has 0 radical (unpaired) electrons. The lowest BCUT2D eigenvalue weighted by Gasteiger charge is -2.38. The zero-order chi connectivity index (χ0) is 20.3. The van der Waals surface area contributed by atoms with E-state index in [9.17, 15) is 0 Å². The standard InChI is InChI=1S/C21H26N8O/c1-27(18-4-8-23-21(26-18)29-11-13-30-14-12-29)16-5-9-28(10-6-16)20-17-3-2-7-22-19(17)24-15-25-20/h2-4,7-8,15-16H,5-6,9-14H2,1H3. The number of hydrogen-bond acceptors (Lipinski definition) is 9. The van der Waals surface area contributed by atoms with E-state index < -0.39 is 0 Å². The summed E-state index contributed by atoms with van der Waals surface area (Å²) < 4.78 is 5.44. The quantitative estimate of drug-likeness (QED) is 0.643. The van der Waals surface area contributed by atoms with Crippen LogP contribution in [0, 0.1) is 0 Å². The van der Waals surface area contributed by atoms with Gasteiger partial charge in [0, 0.05) is 51.7 Å². The molecule has 5 rings (SSSR count). The molecule has 3 aromatic rings. The van der Waals surface area contributed by atoms with E-state index >= 15 is 0 Å². The Balaban J connectivity index is 1.27. The van der Waals surface area contributed by atoms with Crippen LogP contribution < -0.4 is 14.7 Å². The van der Waals surface area contributed by atoms with Crippen LogP contribution in [0.25, 0.3) is 11.0 Å². The lowest BCUT2D eigenvalue weighted by atomic mass is 10.0. The van der Waals surface area contributed by atoms with Crippen LogP contribution in [0.4, 0.5) is 17.6 Å². The molecule has 2 fully saturated rings. The number of pyridine rings is 1. The van der Waals surface area contributed by atoms with E-state index in [2.05, 4.69) is 41.7 Å². The van der Waals surface area contributed by atoms with Gasteiger partial charge in [-0.05, 0) is 31.0 Å². The first-order chi connectivity index (χ1) is 14.8. The molecule has 0 aliphatic carbocycles. The summed E-state index contributed by atoms with van der Waals surface area (Å²) in [5, 5.41) is 1.01. The second-order valence-electron chi connectivity index (χ2n) is 7.72. The Morgan fingerprint density at radius 1 is 0.933 bits per heavy atom. The third-order valence-electron chi connectivity index (χ3n) is 5.98. The van der Waals surface area contributed by atoms with E-state index in [0.29, 0.717) is 6.04 Å². The average molecular weight is 406 g/mol. The molecule has 2 aliphatic heterocycles. The van der Waals surface area contributed by atoms with Crippen LogP contribution in [0.1, 0.15) is 12.8 Å². The van der Waals surface area contributed by atoms with Gasteiger partial charge in [0.2, 0.25) is 5.95 Å². The predicted octanol–water partition coefficient (Wildman–Crippen LogP) is 1.76.